The quantitative estimate of drug-likeness (QED) is 0.229. The largest absolute Gasteiger partial charge is 0.497 e. The molecule has 9 heteroatoms. The third-order valence-corrected chi connectivity index (χ3v) is 4.60. The number of nitrogens with one attached hydrogen (secondary N) is 1. The van der Waals surface area contributed by atoms with Crippen LogP contribution in [0.4, 0.5) is 11.4 Å². The molecule has 144 valence electrons. The predicted molar refractivity (Wildman–Crippen MR) is 106 cm³/mol. The fourth-order valence-corrected chi connectivity index (χ4v) is 2.99. The minimum absolute atomic E-state index is 0.104. The number of aliphatic hydroxyl groups excluding tert-OH is 1. The highest BCUT2D eigenvalue weighted by atomic mass is 32.2. The first-order chi connectivity index (χ1) is 13.5. The van der Waals surface area contributed by atoms with Gasteiger partial charge in [-0.25, -0.2) is 0 Å². The molecule has 28 heavy (non-hydrogen) atoms. The Hall–Kier alpha value is -3.35. The molecule has 2 aromatic carbocycles. The van der Waals surface area contributed by atoms with Gasteiger partial charge in [0.25, 0.3) is 11.6 Å². The third-order valence-electron chi connectivity index (χ3n) is 3.55. The van der Waals surface area contributed by atoms with E-state index < -0.39 is 10.8 Å². The van der Waals surface area contributed by atoms with Gasteiger partial charge in [-0.05, 0) is 42.0 Å². The molecule has 0 radical (unpaired) electrons. The molecular weight excluding hydrogens is 382 g/mol. The monoisotopic (exact) mass is 399 g/mol. The molecule has 2 aromatic rings. The van der Waals surface area contributed by atoms with Crippen molar-refractivity contribution in [3.8, 4) is 11.8 Å². The summed E-state index contributed by atoms with van der Waals surface area (Å²) in [5.41, 5.74) is 0.482. The van der Waals surface area contributed by atoms with E-state index in [1.807, 2.05) is 0 Å². The van der Waals surface area contributed by atoms with E-state index in [2.05, 4.69) is 5.32 Å². The molecule has 0 saturated carbocycles. The number of methoxy groups -OCH3 is 1. The van der Waals surface area contributed by atoms with Gasteiger partial charge < -0.3 is 15.2 Å². The summed E-state index contributed by atoms with van der Waals surface area (Å²) in [6.07, 6.45) is 1.28. The molecule has 0 fully saturated rings. The fourth-order valence-electron chi connectivity index (χ4n) is 2.23. The van der Waals surface area contributed by atoms with E-state index in [0.29, 0.717) is 27.6 Å². The Morgan fingerprint density at radius 2 is 2.07 bits per heavy atom. The minimum Gasteiger partial charge on any atom is -0.497 e. The lowest BCUT2D eigenvalue weighted by molar-refractivity contribution is -0.387. The number of amides is 1. The standard InChI is InChI=1S/C19H17N3O5S/c1-27-16-5-3-15(4-6-16)21-19(24)14(12-20)10-13-2-7-18(28-9-8-23)17(11-13)22(25)26/h2-7,10-11,23H,8-9H2,1H3,(H,21,24)/b14-10-. The number of nitro groups is 1. The highest BCUT2D eigenvalue weighted by Crippen LogP contribution is 2.30. The summed E-state index contributed by atoms with van der Waals surface area (Å²) in [7, 11) is 1.52. The van der Waals surface area contributed by atoms with E-state index in [-0.39, 0.29) is 17.9 Å². The van der Waals surface area contributed by atoms with Gasteiger partial charge in [-0.1, -0.05) is 6.07 Å². The summed E-state index contributed by atoms with van der Waals surface area (Å²) >= 11 is 1.15. The van der Waals surface area contributed by atoms with Crippen LogP contribution in [0.15, 0.2) is 52.9 Å². The number of nitrogens with zero attached hydrogens (tertiary/aromatic N) is 2. The van der Waals surface area contributed by atoms with Crippen LogP contribution in [0.25, 0.3) is 6.08 Å². The van der Waals surface area contributed by atoms with Crippen molar-refractivity contribution in [2.45, 2.75) is 4.90 Å². The van der Waals surface area contributed by atoms with Gasteiger partial charge in [0.05, 0.1) is 23.5 Å². The van der Waals surface area contributed by atoms with Gasteiger partial charge in [-0.3, -0.25) is 14.9 Å². The van der Waals surface area contributed by atoms with Crippen molar-refractivity contribution in [2.75, 3.05) is 24.8 Å². The molecule has 0 aromatic heterocycles. The van der Waals surface area contributed by atoms with E-state index >= 15 is 0 Å². The lowest BCUT2D eigenvalue weighted by atomic mass is 10.1. The maximum absolute atomic E-state index is 12.3. The molecule has 0 heterocycles. The van der Waals surface area contributed by atoms with Gasteiger partial charge in [-0.2, -0.15) is 5.26 Å². The molecule has 0 spiro atoms. The number of benzene rings is 2. The molecule has 0 atom stereocenters. The van der Waals surface area contributed by atoms with Crippen LogP contribution in [-0.2, 0) is 4.79 Å². The van der Waals surface area contributed by atoms with Crippen molar-refractivity contribution in [1.29, 1.82) is 5.26 Å². The van der Waals surface area contributed by atoms with Crippen molar-refractivity contribution in [3.05, 3.63) is 63.7 Å². The first kappa shape index (κ1) is 21.0. The van der Waals surface area contributed by atoms with E-state index in [1.54, 1.807) is 36.4 Å². The molecule has 2 N–H and O–H groups in total. The zero-order valence-electron chi connectivity index (χ0n) is 14.9. The number of thioether (sulfide) groups is 1. The minimum atomic E-state index is -0.631. The second-order valence-electron chi connectivity index (χ2n) is 5.41. The summed E-state index contributed by atoms with van der Waals surface area (Å²) in [6, 6.07) is 12.8. The zero-order valence-corrected chi connectivity index (χ0v) is 15.7. The number of anilines is 1. The molecule has 8 nitrogen and oxygen atoms in total. The molecule has 1 amide bonds. The van der Waals surface area contributed by atoms with Crippen LogP contribution in [0.5, 0.6) is 5.75 Å². The first-order valence-corrected chi connectivity index (χ1v) is 9.06. The Kier molecular flexibility index (Phi) is 7.56. The second-order valence-corrected chi connectivity index (χ2v) is 6.55. The van der Waals surface area contributed by atoms with Gasteiger partial charge in [-0.15, -0.1) is 11.8 Å². The molecular formula is C19H17N3O5S. The number of nitriles is 1. The van der Waals surface area contributed by atoms with Crippen molar-refractivity contribution < 1.29 is 19.6 Å². The second kappa shape index (κ2) is 10.1. The first-order valence-electron chi connectivity index (χ1n) is 8.07. The van der Waals surface area contributed by atoms with Crippen molar-refractivity contribution in [1.82, 2.24) is 0 Å². The van der Waals surface area contributed by atoms with Crippen LogP contribution in [0, 0.1) is 21.4 Å². The SMILES string of the molecule is COc1ccc(NC(=O)/C(C#N)=C\c2ccc(SCCO)c([N+](=O)[O-])c2)cc1. The Labute approximate surface area is 165 Å². The summed E-state index contributed by atoms with van der Waals surface area (Å²) < 4.78 is 5.04. The summed E-state index contributed by atoms with van der Waals surface area (Å²) in [4.78, 5) is 23.5. The predicted octanol–water partition coefficient (Wildman–Crippen LogP) is 3.23. The number of carbonyl (C=O) groups is 1. The van der Waals surface area contributed by atoms with Crippen molar-refractivity contribution in [2.24, 2.45) is 0 Å². The summed E-state index contributed by atoms with van der Waals surface area (Å²) in [6.45, 7) is -0.104. The molecule has 0 aliphatic heterocycles. The Bertz CT molecular complexity index is 936. The van der Waals surface area contributed by atoms with Crippen LogP contribution in [0.3, 0.4) is 0 Å². The van der Waals surface area contributed by atoms with Crippen LogP contribution in [-0.4, -0.2) is 35.4 Å². The molecule has 0 unspecified atom stereocenters. The van der Waals surface area contributed by atoms with Gasteiger partial charge in [0.2, 0.25) is 0 Å². The van der Waals surface area contributed by atoms with Crippen LogP contribution in [0.2, 0.25) is 0 Å². The molecule has 0 saturated heterocycles. The van der Waals surface area contributed by atoms with Gasteiger partial charge in [0.15, 0.2) is 0 Å². The normalized spacial score (nSPS) is 10.8. The number of aliphatic hydroxyl groups is 1. The summed E-state index contributed by atoms with van der Waals surface area (Å²) in [5.74, 6) is 0.318. The molecule has 0 aliphatic rings. The number of carbonyl (C=O) groups excluding carboxylic acids is 1. The fraction of sp³-hybridized carbons (Fsp3) is 0.158. The van der Waals surface area contributed by atoms with Gasteiger partial charge in [0, 0.05) is 17.5 Å². The molecule has 0 aliphatic carbocycles. The lowest BCUT2D eigenvalue weighted by Gasteiger charge is -2.06. The number of nitro benzene ring substituents is 1. The number of hydrogen-bond donors (Lipinski definition) is 2. The van der Waals surface area contributed by atoms with Crippen molar-refractivity contribution >= 4 is 35.1 Å². The van der Waals surface area contributed by atoms with Crippen LogP contribution >= 0.6 is 11.8 Å². The molecule has 0 bridgehead atoms. The smallest absolute Gasteiger partial charge is 0.283 e. The van der Waals surface area contributed by atoms with E-state index in [4.69, 9.17) is 9.84 Å². The van der Waals surface area contributed by atoms with Crippen molar-refractivity contribution in [3.63, 3.8) is 0 Å². The maximum Gasteiger partial charge on any atom is 0.283 e. The maximum atomic E-state index is 12.3. The number of hydrogen-bond acceptors (Lipinski definition) is 7. The third kappa shape index (κ3) is 5.57. The lowest BCUT2D eigenvalue weighted by Crippen LogP contribution is -2.13. The van der Waals surface area contributed by atoms with Gasteiger partial charge >= 0.3 is 0 Å². The molecule has 2 rings (SSSR count). The van der Waals surface area contributed by atoms with E-state index in [9.17, 15) is 20.2 Å². The Balaban J connectivity index is 2.24. The zero-order chi connectivity index (χ0) is 20.5. The Morgan fingerprint density at radius 1 is 1.36 bits per heavy atom. The van der Waals surface area contributed by atoms with E-state index in [0.717, 1.165) is 11.8 Å². The van der Waals surface area contributed by atoms with Crippen LogP contribution in [0.1, 0.15) is 5.56 Å². The number of rotatable bonds is 8. The van der Waals surface area contributed by atoms with Gasteiger partial charge in [0.1, 0.15) is 17.4 Å². The highest BCUT2D eigenvalue weighted by molar-refractivity contribution is 7.99. The highest BCUT2D eigenvalue weighted by Gasteiger charge is 2.16. The topological polar surface area (TPSA) is 125 Å². The summed E-state index contributed by atoms with van der Waals surface area (Å²) in [5, 5.41) is 32.1. The Morgan fingerprint density at radius 3 is 2.64 bits per heavy atom. The van der Waals surface area contributed by atoms with Crippen LogP contribution < -0.4 is 10.1 Å². The van der Waals surface area contributed by atoms with E-state index in [1.165, 1.54) is 25.3 Å². The average molecular weight is 399 g/mol. The number of ether oxygens (including phenoxy) is 1. The average Bonchev–Trinajstić information content (AvgIpc) is 2.71.